The monoisotopic (exact) mass is 343 g/mol. The van der Waals surface area contributed by atoms with Crippen LogP contribution in [0.1, 0.15) is 31.4 Å². The number of carbonyl (C=O) groups excluding carboxylic acids is 1. The molecule has 126 valence electrons. The molecule has 0 bridgehead atoms. The van der Waals surface area contributed by atoms with Crippen molar-refractivity contribution in [1.82, 2.24) is 0 Å². The summed E-state index contributed by atoms with van der Waals surface area (Å²) in [6, 6.07) is 16.7. The van der Waals surface area contributed by atoms with Crippen molar-refractivity contribution in [3.8, 4) is 0 Å². The minimum atomic E-state index is -0.806. The average molecular weight is 344 g/mol. The quantitative estimate of drug-likeness (QED) is 0.841. The smallest absolute Gasteiger partial charge is 0.233 e. The molecule has 2 aromatic rings. The van der Waals surface area contributed by atoms with E-state index in [9.17, 15) is 9.90 Å². The first-order chi connectivity index (χ1) is 11.6. The lowest BCUT2D eigenvalue weighted by molar-refractivity contribution is -0.127. The van der Waals surface area contributed by atoms with Crippen molar-refractivity contribution in [3.05, 3.63) is 65.2 Å². The molecule has 1 fully saturated rings. The number of halogens is 1. The zero-order valence-electron chi connectivity index (χ0n) is 13.7. The number of hydrogen-bond donors (Lipinski definition) is 1. The van der Waals surface area contributed by atoms with Gasteiger partial charge in [-0.25, -0.2) is 0 Å². The van der Waals surface area contributed by atoms with Crippen LogP contribution in [0.5, 0.6) is 0 Å². The Kier molecular flexibility index (Phi) is 5.22. The number of aliphatic hydroxyl groups is 1. The van der Waals surface area contributed by atoms with Crippen LogP contribution in [0.25, 0.3) is 0 Å². The predicted octanol–water partition coefficient (Wildman–Crippen LogP) is 4.45. The first kappa shape index (κ1) is 17.0. The van der Waals surface area contributed by atoms with E-state index in [0.29, 0.717) is 11.6 Å². The van der Waals surface area contributed by atoms with Gasteiger partial charge in [0.2, 0.25) is 5.91 Å². The minimum Gasteiger partial charge on any atom is -0.388 e. The maximum atomic E-state index is 13.2. The standard InChI is InChI=1S/C20H22ClNO2/c1-2-22(17-6-4-3-5-7-17)20(24)18(14-8-9-14)19(23)15-10-12-16(21)13-11-15/h3-7,10-14,18-19,23H,2,8-9H2,1H3/t18-,19-/m1/s1. The topological polar surface area (TPSA) is 40.5 Å². The van der Waals surface area contributed by atoms with Crippen LogP contribution in [0.15, 0.2) is 54.6 Å². The van der Waals surface area contributed by atoms with Crippen LogP contribution in [0.4, 0.5) is 5.69 Å². The zero-order chi connectivity index (χ0) is 17.1. The van der Waals surface area contributed by atoms with Crippen molar-refractivity contribution in [2.24, 2.45) is 11.8 Å². The number of rotatable bonds is 6. The van der Waals surface area contributed by atoms with Gasteiger partial charge < -0.3 is 10.0 Å². The van der Waals surface area contributed by atoms with Gasteiger partial charge in [0.05, 0.1) is 12.0 Å². The summed E-state index contributed by atoms with van der Waals surface area (Å²) < 4.78 is 0. The number of aliphatic hydroxyl groups excluding tert-OH is 1. The highest BCUT2D eigenvalue weighted by atomic mass is 35.5. The molecule has 2 aromatic carbocycles. The first-order valence-corrected chi connectivity index (χ1v) is 8.79. The zero-order valence-corrected chi connectivity index (χ0v) is 14.5. The molecular formula is C20H22ClNO2. The van der Waals surface area contributed by atoms with Crippen LogP contribution >= 0.6 is 11.6 Å². The van der Waals surface area contributed by atoms with Gasteiger partial charge in [0.25, 0.3) is 0 Å². The van der Waals surface area contributed by atoms with E-state index in [4.69, 9.17) is 11.6 Å². The second kappa shape index (κ2) is 7.37. The Morgan fingerprint density at radius 2 is 1.79 bits per heavy atom. The lowest BCUT2D eigenvalue weighted by atomic mass is 9.90. The van der Waals surface area contributed by atoms with Crippen molar-refractivity contribution in [1.29, 1.82) is 0 Å². The van der Waals surface area contributed by atoms with E-state index in [1.54, 1.807) is 29.2 Å². The SMILES string of the molecule is CCN(C(=O)[C@H](C1CC1)[C@H](O)c1ccc(Cl)cc1)c1ccccc1. The Labute approximate surface area is 147 Å². The Bertz CT molecular complexity index is 683. The molecule has 0 aromatic heterocycles. The van der Waals surface area contributed by atoms with E-state index in [0.717, 1.165) is 24.1 Å². The maximum absolute atomic E-state index is 13.2. The van der Waals surface area contributed by atoms with Gasteiger partial charge in [0, 0.05) is 17.3 Å². The van der Waals surface area contributed by atoms with Gasteiger partial charge in [-0.15, -0.1) is 0 Å². The van der Waals surface area contributed by atoms with E-state index in [1.807, 2.05) is 37.3 Å². The fourth-order valence-corrected chi connectivity index (χ4v) is 3.30. The van der Waals surface area contributed by atoms with Crippen LogP contribution < -0.4 is 4.90 Å². The summed E-state index contributed by atoms with van der Waals surface area (Å²) in [5, 5.41) is 11.5. The highest BCUT2D eigenvalue weighted by Gasteiger charge is 2.43. The molecule has 0 radical (unpaired) electrons. The van der Waals surface area contributed by atoms with Gasteiger partial charge in [0.1, 0.15) is 0 Å². The van der Waals surface area contributed by atoms with Gasteiger partial charge in [-0.1, -0.05) is 41.9 Å². The maximum Gasteiger partial charge on any atom is 0.233 e. The Morgan fingerprint density at radius 1 is 1.17 bits per heavy atom. The molecule has 0 heterocycles. The van der Waals surface area contributed by atoms with Crippen molar-refractivity contribution >= 4 is 23.2 Å². The summed E-state index contributed by atoms with van der Waals surface area (Å²) >= 11 is 5.93. The summed E-state index contributed by atoms with van der Waals surface area (Å²) in [5.41, 5.74) is 1.62. The van der Waals surface area contributed by atoms with Crippen LogP contribution in [0.2, 0.25) is 5.02 Å². The second-order valence-corrected chi connectivity index (χ2v) is 6.71. The molecule has 1 aliphatic rings. The third-order valence-corrected chi connectivity index (χ3v) is 4.87. The molecule has 2 atom stereocenters. The van der Waals surface area contributed by atoms with Gasteiger partial charge in [0.15, 0.2) is 0 Å². The molecule has 0 saturated heterocycles. The van der Waals surface area contributed by atoms with E-state index in [-0.39, 0.29) is 11.8 Å². The van der Waals surface area contributed by atoms with Crippen LogP contribution in [0, 0.1) is 11.8 Å². The molecule has 1 saturated carbocycles. The Morgan fingerprint density at radius 3 is 2.33 bits per heavy atom. The minimum absolute atomic E-state index is 0.00588. The normalized spacial score (nSPS) is 16.5. The van der Waals surface area contributed by atoms with E-state index < -0.39 is 12.0 Å². The number of carbonyl (C=O) groups is 1. The van der Waals surface area contributed by atoms with Gasteiger partial charge >= 0.3 is 0 Å². The number of hydrogen-bond acceptors (Lipinski definition) is 2. The fourth-order valence-electron chi connectivity index (χ4n) is 3.17. The average Bonchev–Trinajstić information content (AvgIpc) is 3.42. The molecule has 0 aliphatic heterocycles. The molecule has 0 unspecified atom stereocenters. The third-order valence-electron chi connectivity index (χ3n) is 4.62. The van der Waals surface area contributed by atoms with Crippen LogP contribution in [-0.2, 0) is 4.79 Å². The lowest BCUT2D eigenvalue weighted by Gasteiger charge is -2.29. The van der Waals surface area contributed by atoms with Crippen molar-refractivity contribution in [2.45, 2.75) is 25.9 Å². The second-order valence-electron chi connectivity index (χ2n) is 6.28. The molecule has 1 amide bonds. The molecule has 0 spiro atoms. The first-order valence-electron chi connectivity index (χ1n) is 8.41. The third kappa shape index (κ3) is 3.63. The number of para-hydroxylation sites is 1. The van der Waals surface area contributed by atoms with Gasteiger partial charge in [-0.05, 0) is 55.5 Å². The van der Waals surface area contributed by atoms with Crippen LogP contribution in [-0.4, -0.2) is 17.6 Å². The highest BCUT2D eigenvalue weighted by molar-refractivity contribution is 6.30. The molecule has 3 rings (SSSR count). The molecular weight excluding hydrogens is 322 g/mol. The summed E-state index contributed by atoms with van der Waals surface area (Å²) in [4.78, 5) is 14.9. The molecule has 4 heteroatoms. The fraction of sp³-hybridized carbons (Fsp3) is 0.350. The highest BCUT2D eigenvalue weighted by Crippen LogP contribution is 2.44. The summed E-state index contributed by atoms with van der Waals surface area (Å²) in [6.07, 6.45) is 1.18. The van der Waals surface area contributed by atoms with Gasteiger partial charge in [-0.3, -0.25) is 4.79 Å². The molecule has 1 aliphatic carbocycles. The van der Waals surface area contributed by atoms with E-state index in [1.165, 1.54) is 0 Å². The van der Waals surface area contributed by atoms with Crippen molar-refractivity contribution < 1.29 is 9.90 Å². The number of anilines is 1. The largest absolute Gasteiger partial charge is 0.388 e. The van der Waals surface area contributed by atoms with E-state index in [2.05, 4.69) is 0 Å². The molecule has 24 heavy (non-hydrogen) atoms. The lowest BCUT2D eigenvalue weighted by Crippen LogP contribution is -2.39. The van der Waals surface area contributed by atoms with Crippen molar-refractivity contribution in [3.63, 3.8) is 0 Å². The number of nitrogens with zero attached hydrogens (tertiary/aromatic N) is 1. The number of benzene rings is 2. The summed E-state index contributed by atoms with van der Waals surface area (Å²) in [7, 11) is 0. The molecule has 1 N–H and O–H groups in total. The van der Waals surface area contributed by atoms with E-state index >= 15 is 0 Å². The summed E-state index contributed by atoms with van der Waals surface area (Å²) in [6.45, 7) is 2.54. The number of amides is 1. The van der Waals surface area contributed by atoms with Crippen LogP contribution in [0.3, 0.4) is 0 Å². The molecule has 3 nitrogen and oxygen atoms in total. The Hall–Kier alpha value is -1.84. The predicted molar refractivity (Wildman–Crippen MR) is 97.1 cm³/mol. The van der Waals surface area contributed by atoms with Crippen molar-refractivity contribution in [2.75, 3.05) is 11.4 Å². The summed E-state index contributed by atoms with van der Waals surface area (Å²) in [5.74, 6) is -0.166. The Balaban J connectivity index is 1.87. The van der Waals surface area contributed by atoms with Gasteiger partial charge in [-0.2, -0.15) is 0 Å².